The van der Waals surface area contributed by atoms with Gasteiger partial charge in [0.05, 0.1) is 17.2 Å². The number of carbonyl (C=O) groups is 1. The van der Waals surface area contributed by atoms with Crippen molar-refractivity contribution in [1.29, 1.82) is 0 Å². The highest BCUT2D eigenvalue weighted by atomic mass is 32.1. The minimum absolute atomic E-state index is 0.0499. The molecule has 0 saturated carbocycles. The van der Waals surface area contributed by atoms with Crippen LogP contribution in [0.4, 0.5) is 0 Å². The van der Waals surface area contributed by atoms with Gasteiger partial charge in [-0.1, -0.05) is 30.3 Å². The van der Waals surface area contributed by atoms with Gasteiger partial charge in [-0.2, -0.15) is 0 Å². The van der Waals surface area contributed by atoms with E-state index >= 15 is 0 Å². The highest BCUT2D eigenvalue weighted by Gasteiger charge is 2.31. The zero-order valence-corrected chi connectivity index (χ0v) is 14.1. The molecule has 1 saturated heterocycles. The molecule has 0 radical (unpaired) electrons. The Morgan fingerprint density at radius 2 is 2.17 bits per heavy atom. The van der Waals surface area contributed by atoms with Gasteiger partial charge < -0.3 is 10.0 Å². The standard InChI is InChI=1S/C18H22N2O2S/c1-13(21)16-9-5-6-10-20(16)18(22)15-12-23-17(19-15)11-14-7-3-2-4-8-14/h2-4,7-8,12-13,16,21H,5-6,9-11H2,1H3. The molecule has 0 bridgehead atoms. The van der Waals surface area contributed by atoms with Crippen LogP contribution in [0.5, 0.6) is 0 Å². The lowest BCUT2D eigenvalue weighted by atomic mass is 9.98. The molecule has 1 aliphatic rings. The molecular weight excluding hydrogens is 308 g/mol. The Morgan fingerprint density at radius 1 is 1.39 bits per heavy atom. The van der Waals surface area contributed by atoms with Crippen LogP contribution in [0.15, 0.2) is 35.7 Å². The molecule has 2 heterocycles. The van der Waals surface area contributed by atoms with Gasteiger partial charge in [0.15, 0.2) is 0 Å². The smallest absolute Gasteiger partial charge is 0.273 e. The molecule has 4 nitrogen and oxygen atoms in total. The number of likely N-dealkylation sites (tertiary alicyclic amines) is 1. The Morgan fingerprint density at radius 3 is 2.91 bits per heavy atom. The Bertz CT molecular complexity index is 654. The average molecular weight is 330 g/mol. The molecule has 2 unspecified atom stereocenters. The predicted octanol–water partition coefficient (Wildman–Crippen LogP) is 3.11. The molecule has 1 amide bonds. The van der Waals surface area contributed by atoms with Crippen molar-refractivity contribution in [2.24, 2.45) is 0 Å². The van der Waals surface area contributed by atoms with Crippen LogP contribution >= 0.6 is 11.3 Å². The Kier molecular flexibility index (Phi) is 5.08. The Labute approximate surface area is 140 Å². The summed E-state index contributed by atoms with van der Waals surface area (Å²) < 4.78 is 0. The van der Waals surface area contributed by atoms with E-state index < -0.39 is 6.10 Å². The number of benzene rings is 1. The van der Waals surface area contributed by atoms with Gasteiger partial charge in [0.1, 0.15) is 5.69 Å². The van der Waals surface area contributed by atoms with Gasteiger partial charge in [-0.15, -0.1) is 11.3 Å². The van der Waals surface area contributed by atoms with Crippen molar-refractivity contribution in [1.82, 2.24) is 9.88 Å². The number of aliphatic hydroxyl groups is 1. The molecule has 5 heteroatoms. The summed E-state index contributed by atoms with van der Waals surface area (Å²) in [7, 11) is 0. The summed E-state index contributed by atoms with van der Waals surface area (Å²) in [5, 5.41) is 12.7. The van der Waals surface area contributed by atoms with Crippen LogP contribution < -0.4 is 0 Å². The van der Waals surface area contributed by atoms with Crippen LogP contribution in [0.25, 0.3) is 0 Å². The highest BCUT2D eigenvalue weighted by molar-refractivity contribution is 7.09. The van der Waals surface area contributed by atoms with E-state index in [4.69, 9.17) is 0 Å². The second-order valence-electron chi connectivity index (χ2n) is 6.09. The fourth-order valence-electron chi connectivity index (χ4n) is 3.12. The number of thiazole rings is 1. The van der Waals surface area contributed by atoms with E-state index in [1.54, 1.807) is 11.8 Å². The number of hydrogen-bond donors (Lipinski definition) is 1. The lowest BCUT2D eigenvalue weighted by Gasteiger charge is -2.37. The van der Waals surface area contributed by atoms with Crippen LogP contribution in [-0.4, -0.2) is 39.6 Å². The molecule has 3 rings (SSSR count). The van der Waals surface area contributed by atoms with Crippen LogP contribution in [0.1, 0.15) is 47.2 Å². The molecule has 0 aliphatic carbocycles. The summed E-state index contributed by atoms with van der Waals surface area (Å²) in [6, 6.07) is 10.1. The number of aromatic nitrogens is 1. The lowest BCUT2D eigenvalue weighted by molar-refractivity contribution is 0.0277. The topological polar surface area (TPSA) is 53.4 Å². The third-order valence-corrected chi connectivity index (χ3v) is 5.18. The number of nitrogens with zero attached hydrogens (tertiary/aromatic N) is 2. The molecule has 1 N–H and O–H groups in total. The molecule has 1 aromatic heterocycles. The first-order chi connectivity index (χ1) is 11.1. The maximum Gasteiger partial charge on any atom is 0.273 e. The molecule has 122 valence electrons. The highest BCUT2D eigenvalue weighted by Crippen LogP contribution is 2.23. The number of aliphatic hydroxyl groups excluding tert-OH is 1. The van der Waals surface area contributed by atoms with Gasteiger partial charge in [0.25, 0.3) is 5.91 Å². The minimum atomic E-state index is -0.498. The van der Waals surface area contributed by atoms with Crippen molar-refractivity contribution in [2.75, 3.05) is 6.54 Å². The Balaban J connectivity index is 1.72. The van der Waals surface area contributed by atoms with Crippen LogP contribution in [0.2, 0.25) is 0 Å². The molecular formula is C18H22N2O2S. The number of amides is 1. The molecule has 0 spiro atoms. The fraction of sp³-hybridized carbons (Fsp3) is 0.444. The first-order valence-electron chi connectivity index (χ1n) is 8.12. The minimum Gasteiger partial charge on any atom is -0.391 e. The molecule has 1 fully saturated rings. The van der Waals surface area contributed by atoms with Gasteiger partial charge in [0.2, 0.25) is 0 Å². The van der Waals surface area contributed by atoms with E-state index in [1.165, 1.54) is 16.9 Å². The summed E-state index contributed by atoms with van der Waals surface area (Å²) in [6.45, 7) is 2.47. The summed E-state index contributed by atoms with van der Waals surface area (Å²) >= 11 is 1.53. The molecule has 2 atom stereocenters. The lowest BCUT2D eigenvalue weighted by Crippen LogP contribution is -2.49. The third-order valence-electron chi connectivity index (χ3n) is 4.34. The van der Waals surface area contributed by atoms with Gasteiger partial charge >= 0.3 is 0 Å². The van der Waals surface area contributed by atoms with E-state index in [0.717, 1.165) is 30.7 Å². The van der Waals surface area contributed by atoms with Crippen molar-refractivity contribution >= 4 is 17.2 Å². The summed E-state index contributed by atoms with van der Waals surface area (Å²) in [4.78, 5) is 19.1. The second kappa shape index (κ2) is 7.23. The quantitative estimate of drug-likeness (QED) is 0.937. The summed E-state index contributed by atoms with van der Waals surface area (Å²) in [6.07, 6.45) is 3.18. The van der Waals surface area contributed by atoms with Crippen LogP contribution in [0, 0.1) is 0 Å². The summed E-state index contributed by atoms with van der Waals surface area (Å²) in [5.74, 6) is -0.0499. The van der Waals surface area contributed by atoms with Crippen LogP contribution in [0.3, 0.4) is 0 Å². The van der Waals surface area contributed by atoms with E-state index in [9.17, 15) is 9.90 Å². The van der Waals surface area contributed by atoms with Crippen molar-refractivity contribution < 1.29 is 9.90 Å². The van der Waals surface area contributed by atoms with Gasteiger partial charge in [-0.25, -0.2) is 4.98 Å². The number of carbonyl (C=O) groups excluding carboxylic acids is 1. The zero-order chi connectivity index (χ0) is 16.2. The van der Waals surface area contributed by atoms with E-state index in [0.29, 0.717) is 12.2 Å². The van der Waals surface area contributed by atoms with Crippen molar-refractivity contribution in [3.8, 4) is 0 Å². The molecule has 23 heavy (non-hydrogen) atoms. The maximum absolute atomic E-state index is 12.7. The SMILES string of the molecule is CC(O)C1CCCCN1C(=O)c1csc(Cc2ccccc2)n1. The van der Waals surface area contributed by atoms with Crippen molar-refractivity contribution in [2.45, 2.75) is 44.8 Å². The number of rotatable bonds is 4. The predicted molar refractivity (Wildman–Crippen MR) is 91.7 cm³/mol. The van der Waals surface area contributed by atoms with Gasteiger partial charge in [-0.3, -0.25) is 4.79 Å². The first kappa shape index (κ1) is 16.1. The van der Waals surface area contributed by atoms with Crippen LogP contribution in [-0.2, 0) is 6.42 Å². The summed E-state index contributed by atoms with van der Waals surface area (Å²) in [5.41, 5.74) is 1.70. The second-order valence-corrected chi connectivity index (χ2v) is 7.03. The third kappa shape index (κ3) is 3.79. The van der Waals surface area contributed by atoms with E-state index in [-0.39, 0.29) is 11.9 Å². The Hall–Kier alpha value is -1.72. The van der Waals surface area contributed by atoms with Crippen molar-refractivity contribution in [3.63, 3.8) is 0 Å². The molecule has 1 aromatic carbocycles. The zero-order valence-electron chi connectivity index (χ0n) is 13.3. The normalized spacial score (nSPS) is 19.6. The number of hydrogen-bond acceptors (Lipinski definition) is 4. The monoisotopic (exact) mass is 330 g/mol. The first-order valence-corrected chi connectivity index (χ1v) is 9.00. The fourth-order valence-corrected chi connectivity index (χ4v) is 3.92. The van der Waals surface area contributed by atoms with Gasteiger partial charge in [0, 0.05) is 18.3 Å². The van der Waals surface area contributed by atoms with Crippen molar-refractivity contribution in [3.05, 3.63) is 52.0 Å². The largest absolute Gasteiger partial charge is 0.391 e. The molecule has 1 aliphatic heterocycles. The van der Waals surface area contributed by atoms with E-state index in [1.807, 2.05) is 23.6 Å². The average Bonchev–Trinajstić information content (AvgIpc) is 3.03. The number of piperidine rings is 1. The maximum atomic E-state index is 12.7. The van der Waals surface area contributed by atoms with Gasteiger partial charge in [-0.05, 0) is 31.7 Å². The molecule has 2 aromatic rings. The van der Waals surface area contributed by atoms with E-state index in [2.05, 4.69) is 17.1 Å².